The zero-order chi connectivity index (χ0) is 15.4. The summed E-state index contributed by atoms with van der Waals surface area (Å²) in [6.07, 6.45) is 4.33. The van der Waals surface area contributed by atoms with Gasteiger partial charge < -0.3 is 14.4 Å². The molecule has 0 bridgehead atoms. The average molecular weight is 304 g/mol. The molecule has 3 heterocycles. The van der Waals surface area contributed by atoms with Gasteiger partial charge in [0.2, 0.25) is 5.91 Å². The SMILES string of the molecule is CCCC(=O)N1CC2(C1)OCC[C@@H]2COCc1ccccn1. The van der Waals surface area contributed by atoms with Gasteiger partial charge in [-0.05, 0) is 25.0 Å². The zero-order valence-corrected chi connectivity index (χ0v) is 13.2. The Balaban J connectivity index is 1.47. The highest BCUT2D eigenvalue weighted by molar-refractivity contribution is 5.77. The number of hydrogen-bond acceptors (Lipinski definition) is 4. The van der Waals surface area contributed by atoms with Gasteiger partial charge in [-0.3, -0.25) is 9.78 Å². The van der Waals surface area contributed by atoms with Gasteiger partial charge in [-0.1, -0.05) is 13.0 Å². The Bertz CT molecular complexity index is 500. The monoisotopic (exact) mass is 304 g/mol. The smallest absolute Gasteiger partial charge is 0.222 e. The van der Waals surface area contributed by atoms with E-state index in [-0.39, 0.29) is 11.5 Å². The third kappa shape index (κ3) is 3.15. The minimum atomic E-state index is -0.159. The summed E-state index contributed by atoms with van der Waals surface area (Å²) in [6.45, 7) is 5.46. The van der Waals surface area contributed by atoms with Crippen molar-refractivity contribution < 1.29 is 14.3 Å². The second-order valence-electron chi connectivity index (χ2n) is 6.23. The van der Waals surface area contributed by atoms with Crippen LogP contribution in [0.5, 0.6) is 0 Å². The van der Waals surface area contributed by atoms with Crippen LogP contribution >= 0.6 is 0 Å². The van der Waals surface area contributed by atoms with E-state index in [0.717, 1.165) is 38.2 Å². The molecule has 0 aliphatic carbocycles. The van der Waals surface area contributed by atoms with Gasteiger partial charge in [-0.25, -0.2) is 0 Å². The molecule has 2 saturated heterocycles. The Labute approximate surface area is 131 Å². The summed E-state index contributed by atoms with van der Waals surface area (Å²) in [5, 5.41) is 0. The molecule has 0 unspecified atom stereocenters. The van der Waals surface area contributed by atoms with Crippen LogP contribution in [0.25, 0.3) is 0 Å². The molecular weight excluding hydrogens is 280 g/mol. The topological polar surface area (TPSA) is 51.7 Å². The lowest BCUT2D eigenvalue weighted by atomic mass is 9.81. The van der Waals surface area contributed by atoms with Crippen LogP contribution in [-0.2, 0) is 20.9 Å². The number of aromatic nitrogens is 1. The van der Waals surface area contributed by atoms with Crippen LogP contribution in [0.1, 0.15) is 31.9 Å². The molecule has 5 nitrogen and oxygen atoms in total. The van der Waals surface area contributed by atoms with Crippen molar-refractivity contribution in [3.8, 4) is 0 Å². The van der Waals surface area contributed by atoms with E-state index in [2.05, 4.69) is 4.98 Å². The number of carbonyl (C=O) groups is 1. The number of pyridine rings is 1. The van der Waals surface area contributed by atoms with Gasteiger partial charge in [-0.2, -0.15) is 0 Å². The maximum Gasteiger partial charge on any atom is 0.222 e. The highest BCUT2D eigenvalue weighted by Crippen LogP contribution is 2.40. The molecule has 0 saturated carbocycles. The number of ether oxygens (including phenoxy) is 2. The van der Waals surface area contributed by atoms with E-state index < -0.39 is 0 Å². The van der Waals surface area contributed by atoms with Gasteiger partial charge in [-0.15, -0.1) is 0 Å². The number of likely N-dealkylation sites (tertiary alicyclic amines) is 1. The van der Waals surface area contributed by atoms with Crippen molar-refractivity contribution in [3.05, 3.63) is 30.1 Å². The van der Waals surface area contributed by atoms with Crippen LogP contribution in [0, 0.1) is 5.92 Å². The molecule has 2 aliphatic rings. The summed E-state index contributed by atoms with van der Waals surface area (Å²) >= 11 is 0. The van der Waals surface area contributed by atoms with Crippen LogP contribution in [-0.4, -0.2) is 47.7 Å². The fraction of sp³-hybridized carbons (Fsp3) is 0.647. The van der Waals surface area contributed by atoms with Crippen molar-refractivity contribution >= 4 is 5.91 Å². The van der Waals surface area contributed by atoms with Gasteiger partial charge in [0.15, 0.2) is 0 Å². The molecule has 0 aromatic carbocycles. The van der Waals surface area contributed by atoms with Crippen molar-refractivity contribution in [2.75, 3.05) is 26.3 Å². The van der Waals surface area contributed by atoms with Crippen LogP contribution in [0.4, 0.5) is 0 Å². The summed E-state index contributed by atoms with van der Waals surface area (Å²) in [5.74, 6) is 0.624. The van der Waals surface area contributed by atoms with Crippen LogP contribution in [0.15, 0.2) is 24.4 Å². The van der Waals surface area contributed by atoms with Crippen LogP contribution in [0.3, 0.4) is 0 Å². The molecule has 0 N–H and O–H groups in total. The first-order chi connectivity index (χ1) is 10.7. The average Bonchev–Trinajstić information content (AvgIpc) is 2.91. The van der Waals surface area contributed by atoms with E-state index in [1.165, 1.54) is 0 Å². The molecule has 22 heavy (non-hydrogen) atoms. The fourth-order valence-electron chi connectivity index (χ4n) is 3.31. The highest BCUT2D eigenvalue weighted by atomic mass is 16.5. The van der Waals surface area contributed by atoms with Gasteiger partial charge in [0.25, 0.3) is 0 Å². The van der Waals surface area contributed by atoms with Crippen molar-refractivity contribution in [1.82, 2.24) is 9.88 Å². The molecule has 1 spiro atoms. The van der Waals surface area contributed by atoms with Crippen molar-refractivity contribution in [2.24, 2.45) is 5.92 Å². The minimum absolute atomic E-state index is 0.159. The molecule has 2 fully saturated rings. The molecule has 120 valence electrons. The number of rotatable bonds is 6. The Morgan fingerprint density at radius 2 is 2.36 bits per heavy atom. The lowest BCUT2D eigenvalue weighted by molar-refractivity contribution is -0.169. The Kier molecular flexibility index (Phi) is 4.74. The number of nitrogens with zero attached hydrogens (tertiary/aromatic N) is 2. The predicted molar refractivity (Wildman–Crippen MR) is 82.2 cm³/mol. The highest BCUT2D eigenvalue weighted by Gasteiger charge is 2.54. The minimum Gasteiger partial charge on any atom is -0.375 e. The first-order valence-corrected chi connectivity index (χ1v) is 8.13. The second kappa shape index (κ2) is 6.75. The van der Waals surface area contributed by atoms with E-state index in [1.807, 2.05) is 30.0 Å². The Hall–Kier alpha value is -1.46. The Morgan fingerprint density at radius 1 is 1.50 bits per heavy atom. The molecule has 1 aromatic rings. The molecule has 0 radical (unpaired) electrons. The summed E-state index contributed by atoms with van der Waals surface area (Å²) in [5.41, 5.74) is 0.789. The van der Waals surface area contributed by atoms with Crippen molar-refractivity contribution in [3.63, 3.8) is 0 Å². The van der Waals surface area contributed by atoms with E-state index in [9.17, 15) is 4.79 Å². The van der Waals surface area contributed by atoms with E-state index in [1.54, 1.807) is 6.20 Å². The van der Waals surface area contributed by atoms with E-state index in [0.29, 0.717) is 25.6 Å². The molecular formula is C17H24N2O3. The third-order valence-electron chi connectivity index (χ3n) is 4.63. The first kappa shape index (κ1) is 15.4. The van der Waals surface area contributed by atoms with E-state index in [4.69, 9.17) is 9.47 Å². The maximum absolute atomic E-state index is 11.9. The molecule has 5 heteroatoms. The summed E-state index contributed by atoms with van der Waals surface area (Å²) in [7, 11) is 0. The van der Waals surface area contributed by atoms with Gasteiger partial charge in [0, 0.05) is 25.1 Å². The van der Waals surface area contributed by atoms with Crippen LogP contribution in [0.2, 0.25) is 0 Å². The largest absolute Gasteiger partial charge is 0.375 e. The number of carbonyl (C=O) groups excluding carboxylic acids is 1. The fourth-order valence-corrected chi connectivity index (χ4v) is 3.31. The Morgan fingerprint density at radius 3 is 3.09 bits per heavy atom. The van der Waals surface area contributed by atoms with Gasteiger partial charge in [0.1, 0.15) is 5.60 Å². The third-order valence-corrected chi connectivity index (χ3v) is 4.63. The van der Waals surface area contributed by atoms with Crippen molar-refractivity contribution in [1.29, 1.82) is 0 Å². The van der Waals surface area contributed by atoms with Gasteiger partial charge in [0.05, 0.1) is 32.0 Å². The normalized spacial score (nSPS) is 22.8. The molecule has 2 aliphatic heterocycles. The number of amides is 1. The summed E-state index contributed by atoms with van der Waals surface area (Å²) in [4.78, 5) is 18.1. The second-order valence-corrected chi connectivity index (χ2v) is 6.23. The molecule has 1 aromatic heterocycles. The van der Waals surface area contributed by atoms with E-state index >= 15 is 0 Å². The lowest BCUT2D eigenvalue weighted by Crippen LogP contribution is -2.66. The van der Waals surface area contributed by atoms with Crippen molar-refractivity contribution in [2.45, 2.75) is 38.4 Å². The number of hydrogen-bond donors (Lipinski definition) is 0. The predicted octanol–water partition coefficient (Wildman–Crippen LogP) is 2.02. The van der Waals surface area contributed by atoms with Crippen LogP contribution < -0.4 is 0 Å². The zero-order valence-electron chi connectivity index (χ0n) is 13.2. The molecule has 1 atom stereocenters. The molecule has 3 rings (SSSR count). The molecule has 1 amide bonds. The summed E-state index contributed by atoms with van der Waals surface area (Å²) in [6, 6.07) is 5.84. The van der Waals surface area contributed by atoms with Gasteiger partial charge >= 0.3 is 0 Å². The maximum atomic E-state index is 11.9. The first-order valence-electron chi connectivity index (χ1n) is 8.13. The lowest BCUT2D eigenvalue weighted by Gasteiger charge is -2.50. The summed E-state index contributed by atoms with van der Waals surface area (Å²) < 4.78 is 11.8. The standard InChI is InChI=1S/C17H24N2O3/c1-2-5-16(20)19-12-17(13-19)14(7-9-22-17)10-21-11-15-6-3-4-8-18-15/h3-4,6,8,14H,2,5,7,9-13H2,1H3/t14-/m1/s1. The quantitative estimate of drug-likeness (QED) is 0.807.